The van der Waals surface area contributed by atoms with E-state index in [9.17, 15) is 4.79 Å². The lowest BCUT2D eigenvalue weighted by Gasteiger charge is -2.20. The van der Waals surface area contributed by atoms with Gasteiger partial charge in [0.25, 0.3) is 0 Å². The van der Waals surface area contributed by atoms with Gasteiger partial charge in [-0.05, 0) is 30.9 Å². The lowest BCUT2D eigenvalue weighted by molar-refractivity contribution is -0.122. The predicted molar refractivity (Wildman–Crippen MR) is 82.8 cm³/mol. The second-order valence-electron chi connectivity index (χ2n) is 5.81. The van der Waals surface area contributed by atoms with Gasteiger partial charge in [0.2, 0.25) is 5.91 Å². The van der Waals surface area contributed by atoms with E-state index in [2.05, 4.69) is 15.3 Å². The number of carbonyl (C=O) groups is 1. The van der Waals surface area contributed by atoms with Gasteiger partial charge in [0.1, 0.15) is 5.69 Å². The lowest BCUT2D eigenvalue weighted by Crippen LogP contribution is -2.26. The number of nitrogens with one attached hydrogen (secondary N) is 1. The predicted octanol–water partition coefficient (Wildman–Crippen LogP) is 3.32. The summed E-state index contributed by atoms with van der Waals surface area (Å²) in [7, 11) is 0. The number of rotatable bonds is 5. The zero-order chi connectivity index (χ0) is 15.2. The molecular formula is C17H21N3O2. The van der Waals surface area contributed by atoms with E-state index in [0.29, 0.717) is 30.3 Å². The molecule has 0 saturated heterocycles. The quantitative estimate of drug-likeness (QED) is 0.919. The number of hydrogen-bond donors (Lipinski definition) is 1. The first-order valence-electron chi connectivity index (χ1n) is 7.93. The molecule has 116 valence electrons. The molecule has 3 rings (SSSR count). The van der Waals surface area contributed by atoms with Gasteiger partial charge in [-0.1, -0.05) is 19.3 Å². The summed E-state index contributed by atoms with van der Waals surface area (Å²) in [6.07, 6.45) is 11.7. The molecule has 1 aliphatic rings. The minimum Gasteiger partial charge on any atom is -0.463 e. The highest BCUT2D eigenvalue weighted by molar-refractivity contribution is 5.76. The summed E-state index contributed by atoms with van der Waals surface area (Å²) in [4.78, 5) is 20.7. The Bertz CT molecular complexity index is 604. The summed E-state index contributed by atoms with van der Waals surface area (Å²) in [5, 5.41) is 2.97. The van der Waals surface area contributed by atoms with Gasteiger partial charge in [-0.25, -0.2) is 4.98 Å². The van der Waals surface area contributed by atoms with E-state index in [1.807, 2.05) is 12.1 Å². The summed E-state index contributed by atoms with van der Waals surface area (Å²) in [6, 6.07) is 3.66. The maximum absolute atomic E-state index is 12.1. The van der Waals surface area contributed by atoms with Crippen molar-refractivity contribution in [3.8, 4) is 11.5 Å². The van der Waals surface area contributed by atoms with Crippen LogP contribution in [0.25, 0.3) is 11.5 Å². The van der Waals surface area contributed by atoms with E-state index in [4.69, 9.17) is 4.42 Å². The van der Waals surface area contributed by atoms with Crippen LogP contribution in [-0.4, -0.2) is 15.9 Å². The van der Waals surface area contributed by atoms with Crippen molar-refractivity contribution in [3.05, 3.63) is 36.5 Å². The maximum atomic E-state index is 12.1. The van der Waals surface area contributed by atoms with Crippen LogP contribution in [0.3, 0.4) is 0 Å². The summed E-state index contributed by atoms with van der Waals surface area (Å²) in [5.41, 5.74) is 1.42. The zero-order valence-corrected chi connectivity index (χ0v) is 12.6. The van der Waals surface area contributed by atoms with E-state index >= 15 is 0 Å². The Balaban J connectivity index is 1.58. The number of carbonyl (C=O) groups excluding carboxylic acids is 1. The van der Waals surface area contributed by atoms with Gasteiger partial charge in [-0.15, -0.1) is 0 Å². The molecule has 0 atom stereocenters. The van der Waals surface area contributed by atoms with Crippen molar-refractivity contribution in [3.63, 3.8) is 0 Å². The minimum absolute atomic E-state index is 0.1000. The molecule has 2 aromatic rings. The van der Waals surface area contributed by atoms with Gasteiger partial charge >= 0.3 is 0 Å². The number of hydrogen-bond acceptors (Lipinski definition) is 4. The van der Waals surface area contributed by atoms with Crippen LogP contribution in [0.15, 0.2) is 35.2 Å². The Hall–Kier alpha value is -2.17. The number of nitrogens with zero attached hydrogens (tertiary/aromatic N) is 2. The standard InChI is InChI=1S/C17H21N3O2/c21-16(11-13-5-2-1-3-6-13)20-12-14-17(19-9-8-18-14)15-7-4-10-22-15/h4,7-10,13H,1-3,5-6,11-12H2,(H,20,21). The fourth-order valence-corrected chi connectivity index (χ4v) is 3.02. The molecule has 1 aliphatic carbocycles. The molecular weight excluding hydrogens is 278 g/mol. The maximum Gasteiger partial charge on any atom is 0.220 e. The Labute approximate surface area is 130 Å². The SMILES string of the molecule is O=C(CC1CCCCC1)NCc1nccnc1-c1ccco1. The largest absolute Gasteiger partial charge is 0.463 e. The highest BCUT2D eigenvalue weighted by Crippen LogP contribution is 2.26. The Morgan fingerprint density at radius 3 is 2.82 bits per heavy atom. The Kier molecular flexibility index (Phi) is 4.83. The van der Waals surface area contributed by atoms with Crippen molar-refractivity contribution >= 4 is 5.91 Å². The van der Waals surface area contributed by atoms with E-state index in [1.54, 1.807) is 18.7 Å². The second kappa shape index (κ2) is 7.20. The molecule has 0 spiro atoms. The summed E-state index contributed by atoms with van der Waals surface area (Å²) < 4.78 is 5.37. The highest BCUT2D eigenvalue weighted by atomic mass is 16.3. The van der Waals surface area contributed by atoms with Crippen LogP contribution in [0.5, 0.6) is 0 Å². The molecule has 5 nitrogen and oxygen atoms in total. The van der Waals surface area contributed by atoms with Gasteiger partial charge in [-0.3, -0.25) is 9.78 Å². The van der Waals surface area contributed by atoms with Gasteiger partial charge in [0.05, 0.1) is 18.5 Å². The molecule has 22 heavy (non-hydrogen) atoms. The fourth-order valence-electron chi connectivity index (χ4n) is 3.02. The molecule has 0 unspecified atom stereocenters. The molecule has 2 aromatic heterocycles. The molecule has 0 bridgehead atoms. The van der Waals surface area contributed by atoms with Crippen LogP contribution in [0.4, 0.5) is 0 Å². The number of amides is 1. The first-order valence-corrected chi connectivity index (χ1v) is 7.93. The normalized spacial score (nSPS) is 15.6. The summed E-state index contributed by atoms with van der Waals surface area (Å²) in [6.45, 7) is 0.384. The Morgan fingerprint density at radius 1 is 1.23 bits per heavy atom. The molecule has 5 heteroatoms. The van der Waals surface area contributed by atoms with Crippen molar-refractivity contribution < 1.29 is 9.21 Å². The molecule has 2 heterocycles. The monoisotopic (exact) mass is 299 g/mol. The van der Waals surface area contributed by atoms with Crippen molar-refractivity contribution in [2.75, 3.05) is 0 Å². The van der Waals surface area contributed by atoms with Gasteiger partial charge in [0, 0.05) is 18.8 Å². The van der Waals surface area contributed by atoms with Crippen LogP contribution in [-0.2, 0) is 11.3 Å². The van der Waals surface area contributed by atoms with E-state index in [-0.39, 0.29) is 5.91 Å². The van der Waals surface area contributed by atoms with Gasteiger partial charge in [-0.2, -0.15) is 0 Å². The third-order valence-electron chi connectivity index (χ3n) is 4.18. The number of furan rings is 1. The zero-order valence-electron chi connectivity index (χ0n) is 12.6. The van der Waals surface area contributed by atoms with Crippen molar-refractivity contribution in [2.24, 2.45) is 5.92 Å². The molecule has 1 saturated carbocycles. The molecule has 0 radical (unpaired) electrons. The summed E-state index contributed by atoms with van der Waals surface area (Å²) in [5.74, 6) is 1.31. The minimum atomic E-state index is 0.1000. The van der Waals surface area contributed by atoms with Crippen LogP contribution in [0.2, 0.25) is 0 Å². The van der Waals surface area contributed by atoms with Crippen LogP contribution >= 0.6 is 0 Å². The average Bonchev–Trinajstić information content (AvgIpc) is 3.08. The second-order valence-corrected chi connectivity index (χ2v) is 5.81. The third kappa shape index (κ3) is 3.72. The first-order chi connectivity index (χ1) is 10.8. The number of aromatic nitrogens is 2. The smallest absolute Gasteiger partial charge is 0.220 e. The van der Waals surface area contributed by atoms with Crippen molar-refractivity contribution in [2.45, 2.75) is 45.1 Å². The average molecular weight is 299 g/mol. The lowest BCUT2D eigenvalue weighted by atomic mass is 9.87. The van der Waals surface area contributed by atoms with Gasteiger partial charge in [0.15, 0.2) is 5.76 Å². The van der Waals surface area contributed by atoms with Gasteiger partial charge < -0.3 is 9.73 Å². The molecule has 0 aromatic carbocycles. The van der Waals surface area contributed by atoms with Crippen molar-refractivity contribution in [1.82, 2.24) is 15.3 Å². The first kappa shape index (κ1) is 14.8. The highest BCUT2D eigenvalue weighted by Gasteiger charge is 2.17. The van der Waals surface area contributed by atoms with Crippen LogP contribution in [0.1, 0.15) is 44.2 Å². The van der Waals surface area contributed by atoms with Crippen LogP contribution < -0.4 is 5.32 Å². The summed E-state index contributed by atoms with van der Waals surface area (Å²) >= 11 is 0. The topological polar surface area (TPSA) is 68.0 Å². The fraction of sp³-hybridized carbons (Fsp3) is 0.471. The molecule has 1 amide bonds. The van der Waals surface area contributed by atoms with E-state index in [1.165, 1.54) is 32.1 Å². The molecule has 0 aliphatic heterocycles. The van der Waals surface area contributed by atoms with E-state index < -0.39 is 0 Å². The third-order valence-corrected chi connectivity index (χ3v) is 4.18. The van der Waals surface area contributed by atoms with E-state index in [0.717, 1.165) is 5.69 Å². The van der Waals surface area contributed by atoms with Crippen molar-refractivity contribution in [1.29, 1.82) is 0 Å². The molecule has 1 fully saturated rings. The molecule has 1 N–H and O–H groups in total. The van der Waals surface area contributed by atoms with Crippen LogP contribution in [0, 0.1) is 5.92 Å². The Morgan fingerprint density at radius 2 is 2.05 bits per heavy atom.